The number of hydrogen-bond acceptors (Lipinski definition) is 6. The second-order valence-corrected chi connectivity index (χ2v) is 13.3. The number of alkyl halides is 3. The number of nitrogens with zero attached hydrogens (tertiary/aromatic N) is 3. The fourth-order valence-electron chi connectivity index (χ4n) is 4.89. The van der Waals surface area contributed by atoms with Crippen molar-refractivity contribution in [2.45, 2.75) is 38.9 Å². The Hall–Kier alpha value is -3.20. The van der Waals surface area contributed by atoms with Crippen molar-refractivity contribution in [3.63, 3.8) is 0 Å². The molecule has 2 aliphatic rings. The molecule has 1 aliphatic carbocycles. The molecule has 1 saturated carbocycles. The summed E-state index contributed by atoms with van der Waals surface area (Å²) in [4.78, 5) is 22.9. The molecule has 1 amide bonds. The maximum atomic E-state index is 15.3. The fraction of sp³-hybridized carbons (Fsp3) is 0.423. The first kappa shape index (κ1) is 26.4. The molecule has 0 unspecified atom stereocenters. The molecule has 0 bridgehead atoms. The Labute approximate surface area is 217 Å². The molecule has 2 fully saturated rings. The Kier molecular flexibility index (Phi) is 6.62. The molecule has 1 saturated heterocycles. The predicted molar refractivity (Wildman–Crippen MR) is 138 cm³/mol. The summed E-state index contributed by atoms with van der Waals surface area (Å²) in [6.07, 6.45) is -2.42. The molecule has 0 spiro atoms. The minimum absolute atomic E-state index is 0.0267. The molecular weight excluding hydrogens is 521 g/mol. The maximum absolute atomic E-state index is 15.3. The van der Waals surface area contributed by atoms with Crippen LogP contribution in [0.4, 0.5) is 29.1 Å². The number of benzene rings is 2. The molecule has 0 radical (unpaired) electrons. The molecule has 3 aromatic rings. The number of halogens is 4. The highest BCUT2D eigenvalue weighted by molar-refractivity contribution is 7.71. The van der Waals surface area contributed by atoms with E-state index in [1.54, 1.807) is 18.7 Å². The highest BCUT2D eigenvalue weighted by Crippen LogP contribution is 2.48. The largest absolute Gasteiger partial charge is 0.416 e. The molecule has 2 aromatic carbocycles. The molecule has 1 atom stereocenters. The van der Waals surface area contributed by atoms with Gasteiger partial charge in [0, 0.05) is 53.8 Å². The molecule has 12 heteroatoms. The third-order valence-corrected chi connectivity index (χ3v) is 10.2. The van der Waals surface area contributed by atoms with Gasteiger partial charge in [-0.1, -0.05) is 0 Å². The van der Waals surface area contributed by atoms with E-state index >= 15 is 4.39 Å². The first-order chi connectivity index (χ1) is 17.8. The SMILES string of the molecule is Cc1nc(N[C@H](C)c2cc(N)cc(C(F)(F)F)c2)c2cc(P3(=O)CCN(C(=O)C4CC4)CC3)c(F)cc2n1. The molecule has 3 N–H and O–H groups in total. The number of aryl methyl sites for hydroxylation is 1. The number of carbonyl (C=O) groups is 1. The Morgan fingerprint density at radius 1 is 1.13 bits per heavy atom. The van der Waals surface area contributed by atoms with E-state index in [0.717, 1.165) is 25.0 Å². The zero-order chi connectivity index (χ0) is 27.4. The van der Waals surface area contributed by atoms with Crippen LogP contribution in [0.1, 0.15) is 42.8 Å². The number of rotatable bonds is 5. The molecule has 2 heterocycles. The minimum Gasteiger partial charge on any atom is -0.399 e. The van der Waals surface area contributed by atoms with Crippen LogP contribution in [0, 0.1) is 18.7 Å². The number of fused-ring (bicyclic) bond motifs is 1. The number of nitrogen functional groups attached to an aromatic ring is 1. The Balaban J connectivity index is 1.47. The van der Waals surface area contributed by atoms with Crippen molar-refractivity contribution in [3.05, 3.63) is 53.1 Å². The van der Waals surface area contributed by atoms with Crippen LogP contribution >= 0.6 is 7.14 Å². The lowest BCUT2D eigenvalue weighted by atomic mass is 10.0. The van der Waals surface area contributed by atoms with Gasteiger partial charge in [-0.3, -0.25) is 4.79 Å². The average molecular weight is 550 g/mol. The van der Waals surface area contributed by atoms with Gasteiger partial charge in [-0.2, -0.15) is 13.2 Å². The summed E-state index contributed by atoms with van der Waals surface area (Å²) in [5, 5.41) is 3.60. The Morgan fingerprint density at radius 2 is 1.82 bits per heavy atom. The first-order valence-electron chi connectivity index (χ1n) is 12.4. The summed E-state index contributed by atoms with van der Waals surface area (Å²) in [6.45, 7) is 3.91. The van der Waals surface area contributed by atoms with E-state index in [-0.39, 0.29) is 46.5 Å². The maximum Gasteiger partial charge on any atom is 0.416 e. The number of carbonyl (C=O) groups excluding carboxylic acids is 1. The second-order valence-electron chi connectivity index (χ2n) is 10.1. The van der Waals surface area contributed by atoms with Crippen molar-refractivity contribution < 1.29 is 26.9 Å². The standard InChI is InChI=1S/C26H28F4N5O2P/c1-14(17-9-18(26(28,29)30)11-19(31)10-17)32-24-20-12-23(21(27)13-22(20)33-15(2)34-24)38(37)7-5-35(6-8-38)25(36)16-3-4-16/h9-14,16H,3-8,31H2,1-2H3,(H,32,33,34)/t14-/m1/s1. The first-order valence-corrected chi connectivity index (χ1v) is 14.5. The van der Waals surface area contributed by atoms with Crippen LogP contribution in [-0.2, 0) is 15.5 Å². The molecule has 202 valence electrons. The van der Waals surface area contributed by atoms with Crippen molar-refractivity contribution in [2.75, 3.05) is 36.5 Å². The van der Waals surface area contributed by atoms with Crippen LogP contribution in [0.2, 0.25) is 0 Å². The molecule has 5 rings (SSSR count). The molecular formula is C26H28F4N5O2P. The van der Waals surface area contributed by atoms with Gasteiger partial charge in [-0.15, -0.1) is 0 Å². The number of hydrogen-bond donors (Lipinski definition) is 2. The average Bonchev–Trinajstić information content (AvgIpc) is 3.68. The van der Waals surface area contributed by atoms with Crippen molar-refractivity contribution in [1.82, 2.24) is 14.9 Å². The van der Waals surface area contributed by atoms with Crippen LogP contribution < -0.4 is 16.4 Å². The van der Waals surface area contributed by atoms with Crippen molar-refractivity contribution in [1.29, 1.82) is 0 Å². The van der Waals surface area contributed by atoms with Crippen molar-refractivity contribution >= 4 is 40.8 Å². The van der Waals surface area contributed by atoms with Gasteiger partial charge >= 0.3 is 6.18 Å². The number of amides is 1. The van der Waals surface area contributed by atoms with E-state index in [4.69, 9.17) is 5.73 Å². The summed E-state index contributed by atoms with van der Waals surface area (Å²) in [7, 11) is -3.14. The lowest BCUT2D eigenvalue weighted by Crippen LogP contribution is -2.42. The number of anilines is 2. The third kappa shape index (κ3) is 5.21. The second kappa shape index (κ2) is 9.52. The zero-order valence-corrected chi connectivity index (χ0v) is 21.9. The quantitative estimate of drug-likeness (QED) is 0.261. The van der Waals surface area contributed by atoms with E-state index in [1.807, 2.05) is 0 Å². The normalized spacial score (nSPS) is 18.4. The van der Waals surface area contributed by atoms with Gasteiger partial charge in [0.1, 0.15) is 24.6 Å². The van der Waals surface area contributed by atoms with Gasteiger partial charge in [0.05, 0.1) is 17.1 Å². The zero-order valence-electron chi connectivity index (χ0n) is 21.0. The van der Waals surface area contributed by atoms with Crippen LogP contribution in [0.3, 0.4) is 0 Å². The van der Waals surface area contributed by atoms with E-state index in [2.05, 4.69) is 15.3 Å². The van der Waals surface area contributed by atoms with E-state index in [9.17, 15) is 22.5 Å². The van der Waals surface area contributed by atoms with Gasteiger partial charge in [0.25, 0.3) is 0 Å². The predicted octanol–water partition coefficient (Wildman–Crippen LogP) is 5.09. The summed E-state index contributed by atoms with van der Waals surface area (Å²) in [6, 6.07) is 5.40. The van der Waals surface area contributed by atoms with E-state index in [0.29, 0.717) is 29.9 Å². The monoisotopic (exact) mass is 549 g/mol. The lowest BCUT2D eigenvalue weighted by molar-refractivity contribution is -0.137. The van der Waals surface area contributed by atoms with E-state index < -0.39 is 30.7 Å². The van der Waals surface area contributed by atoms with Gasteiger partial charge in [-0.05, 0) is 56.5 Å². The summed E-state index contributed by atoms with van der Waals surface area (Å²) < 4.78 is 69.1. The Bertz CT molecular complexity index is 1460. The van der Waals surface area contributed by atoms with E-state index in [1.165, 1.54) is 18.2 Å². The Morgan fingerprint density at radius 3 is 2.45 bits per heavy atom. The van der Waals surface area contributed by atoms with Crippen LogP contribution in [0.15, 0.2) is 30.3 Å². The van der Waals surface area contributed by atoms with Crippen LogP contribution in [0.5, 0.6) is 0 Å². The summed E-state index contributed by atoms with van der Waals surface area (Å²) >= 11 is 0. The van der Waals surface area contributed by atoms with Gasteiger partial charge in [0.2, 0.25) is 5.91 Å². The summed E-state index contributed by atoms with van der Waals surface area (Å²) in [5.41, 5.74) is 5.42. The number of aromatic nitrogens is 2. The van der Waals surface area contributed by atoms with Crippen molar-refractivity contribution in [3.8, 4) is 0 Å². The molecule has 1 aliphatic heterocycles. The fourth-order valence-corrected chi connectivity index (χ4v) is 7.55. The molecule has 7 nitrogen and oxygen atoms in total. The van der Waals surface area contributed by atoms with Crippen molar-refractivity contribution in [2.24, 2.45) is 5.92 Å². The molecule has 1 aromatic heterocycles. The summed E-state index contributed by atoms with van der Waals surface area (Å²) in [5.74, 6) is 0.126. The highest BCUT2D eigenvalue weighted by atomic mass is 31.2. The lowest BCUT2D eigenvalue weighted by Gasteiger charge is -2.33. The van der Waals surface area contributed by atoms with Gasteiger partial charge in [-0.25, -0.2) is 14.4 Å². The smallest absolute Gasteiger partial charge is 0.399 e. The van der Waals surface area contributed by atoms with Crippen LogP contribution in [-0.4, -0.2) is 46.2 Å². The number of nitrogens with one attached hydrogen (secondary N) is 1. The molecule has 38 heavy (non-hydrogen) atoms. The van der Waals surface area contributed by atoms with Crippen LogP contribution in [0.25, 0.3) is 10.9 Å². The minimum atomic E-state index is -4.56. The van der Waals surface area contributed by atoms with Gasteiger partial charge in [0.15, 0.2) is 0 Å². The highest BCUT2D eigenvalue weighted by Gasteiger charge is 2.39. The third-order valence-electron chi connectivity index (χ3n) is 7.17. The van der Waals surface area contributed by atoms with Gasteiger partial charge < -0.3 is 20.5 Å². The number of nitrogens with two attached hydrogens (primary N) is 1. The topological polar surface area (TPSA) is 101 Å².